The van der Waals surface area contributed by atoms with Crippen molar-refractivity contribution in [2.75, 3.05) is 14.2 Å². The second-order valence-corrected chi connectivity index (χ2v) is 5.18. The lowest BCUT2D eigenvalue weighted by Gasteiger charge is -2.15. The number of carbonyl (C=O) groups is 2. The van der Waals surface area contributed by atoms with E-state index in [1.54, 1.807) is 24.3 Å². The number of ether oxygens (including phenoxy) is 1. The lowest BCUT2D eigenvalue weighted by Crippen LogP contribution is -2.41. The molecule has 8 heteroatoms. The largest absolute Gasteiger partial charge is 0.453 e. The highest BCUT2D eigenvalue weighted by molar-refractivity contribution is 7.41. The predicted octanol–water partition coefficient (Wildman–Crippen LogP) is 1.79. The zero-order valence-corrected chi connectivity index (χ0v) is 12.9. The number of nitrogens with one attached hydrogen (secondary N) is 1. The van der Waals surface area contributed by atoms with E-state index in [1.165, 1.54) is 21.1 Å². The molecule has 2 N–H and O–H groups in total. The third kappa shape index (κ3) is 6.08. The molecule has 0 aliphatic carbocycles. The zero-order valence-electron chi connectivity index (χ0n) is 12.0. The minimum Gasteiger partial charge on any atom is -0.453 e. The summed E-state index contributed by atoms with van der Waals surface area (Å²) in [7, 11) is 0.648. The van der Waals surface area contributed by atoms with Gasteiger partial charge in [-0.2, -0.15) is 0 Å². The first-order valence-corrected chi connectivity index (χ1v) is 7.24. The number of alkyl carbamates (subject to hydrolysis) is 1. The van der Waals surface area contributed by atoms with Crippen LogP contribution >= 0.6 is 8.60 Å². The van der Waals surface area contributed by atoms with E-state index >= 15 is 0 Å². The topological polar surface area (TPSA) is 94.1 Å². The molecule has 0 aliphatic rings. The maximum Gasteiger partial charge on any atom is 0.407 e. The van der Waals surface area contributed by atoms with Gasteiger partial charge in [0.1, 0.15) is 5.75 Å². The van der Waals surface area contributed by atoms with Gasteiger partial charge in [0.25, 0.3) is 0 Å². The second kappa shape index (κ2) is 8.56. The normalized spacial score (nSPS) is 13.1. The summed E-state index contributed by atoms with van der Waals surface area (Å²) in [6, 6.07) is 6.12. The van der Waals surface area contributed by atoms with Crippen molar-refractivity contribution in [3.05, 3.63) is 29.8 Å². The third-order valence-electron chi connectivity index (χ3n) is 2.67. The molecule has 1 aromatic carbocycles. The Hall–Kier alpha value is -1.69. The highest BCUT2D eigenvalue weighted by Crippen LogP contribution is 2.33. The number of amides is 1. The van der Waals surface area contributed by atoms with Gasteiger partial charge in [-0.25, -0.2) is 4.79 Å². The van der Waals surface area contributed by atoms with Crippen LogP contribution in [-0.2, 0) is 20.5 Å². The summed E-state index contributed by atoms with van der Waals surface area (Å²) < 4.78 is 14.2. The van der Waals surface area contributed by atoms with Gasteiger partial charge in [-0.3, -0.25) is 4.79 Å². The fourth-order valence-electron chi connectivity index (χ4n) is 1.55. The van der Waals surface area contributed by atoms with Gasteiger partial charge in [-0.15, -0.1) is 0 Å². The predicted molar refractivity (Wildman–Crippen MR) is 76.9 cm³/mol. The van der Waals surface area contributed by atoms with Crippen LogP contribution in [0, 0.1) is 0 Å². The molecule has 21 heavy (non-hydrogen) atoms. The van der Waals surface area contributed by atoms with Crippen LogP contribution in [0.5, 0.6) is 5.75 Å². The fourth-order valence-corrected chi connectivity index (χ4v) is 1.92. The van der Waals surface area contributed by atoms with E-state index in [0.717, 1.165) is 5.56 Å². The monoisotopic (exact) mass is 315 g/mol. The van der Waals surface area contributed by atoms with Crippen LogP contribution in [-0.4, -0.2) is 37.0 Å². The van der Waals surface area contributed by atoms with Crippen LogP contribution < -0.4 is 9.84 Å². The number of hydrogen-bond acceptors (Lipinski definition) is 6. The fraction of sp³-hybridized carbons (Fsp3) is 0.385. The van der Waals surface area contributed by atoms with E-state index in [9.17, 15) is 14.5 Å². The molecule has 0 heterocycles. The van der Waals surface area contributed by atoms with E-state index in [-0.39, 0.29) is 5.78 Å². The standard InChI is InChI=1S/C13H18NO6P/c1-9(15)12(14-13(16)18-2)8-10-4-6-11(7-5-10)20-21(17)19-3/h4-7,12,17H,8H2,1-3H3,(H,14,16). The van der Waals surface area contributed by atoms with Crippen molar-refractivity contribution < 1.29 is 28.3 Å². The van der Waals surface area contributed by atoms with Crippen molar-refractivity contribution in [2.24, 2.45) is 0 Å². The number of ketones is 1. The molecule has 2 unspecified atom stereocenters. The van der Waals surface area contributed by atoms with E-state index in [2.05, 4.69) is 14.6 Å². The number of rotatable bonds is 7. The van der Waals surface area contributed by atoms with E-state index in [0.29, 0.717) is 12.2 Å². The Balaban J connectivity index is 2.67. The minimum absolute atomic E-state index is 0.168. The maximum atomic E-state index is 11.5. The molecule has 116 valence electrons. The maximum absolute atomic E-state index is 11.5. The van der Waals surface area contributed by atoms with Gasteiger partial charge in [-0.05, 0) is 31.0 Å². The van der Waals surface area contributed by atoms with Crippen LogP contribution in [0.3, 0.4) is 0 Å². The smallest absolute Gasteiger partial charge is 0.407 e. The number of Topliss-reactive ketones (excluding diaryl/α,β-unsaturated/α-hetero) is 1. The average molecular weight is 315 g/mol. The third-order valence-corrected chi connectivity index (χ3v) is 3.35. The molecule has 0 fully saturated rings. The molecule has 0 aromatic heterocycles. The van der Waals surface area contributed by atoms with Gasteiger partial charge in [0.15, 0.2) is 5.78 Å². The van der Waals surface area contributed by atoms with Gasteiger partial charge >= 0.3 is 14.7 Å². The molecule has 0 saturated heterocycles. The summed E-state index contributed by atoms with van der Waals surface area (Å²) in [6.45, 7) is 1.40. The summed E-state index contributed by atoms with van der Waals surface area (Å²) in [4.78, 5) is 31.9. The SMILES string of the molecule is COC(=O)NC(Cc1ccc(OP(O)OC)cc1)C(C)=O. The first-order valence-electron chi connectivity index (χ1n) is 6.11. The molecule has 2 atom stereocenters. The molecule has 7 nitrogen and oxygen atoms in total. The molecular formula is C13H18NO6P. The summed E-state index contributed by atoms with van der Waals surface area (Å²) in [6.07, 6.45) is -0.316. The van der Waals surface area contributed by atoms with Gasteiger partial charge in [-0.1, -0.05) is 12.1 Å². The van der Waals surface area contributed by atoms with Crippen molar-refractivity contribution in [3.63, 3.8) is 0 Å². The molecule has 1 amide bonds. The molecular weight excluding hydrogens is 297 g/mol. The van der Waals surface area contributed by atoms with Crippen LogP contribution in [0.15, 0.2) is 24.3 Å². The molecule has 0 spiro atoms. The van der Waals surface area contributed by atoms with Crippen molar-refractivity contribution in [3.8, 4) is 5.75 Å². The number of benzene rings is 1. The number of carbonyl (C=O) groups excluding carboxylic acids is 2. The lowest BCUT2D eigenvalue weighted by molar-refractivity contribution is -0.118. The van der Waals surface area contributed by atoms with Gasteiger partial charge in [0, 0.05) is 7.11 Å². The van der Waals surface area contributed by atoms with Crippen LogP contribution in [0.4, 0.5) is 4.79 Å². The molecule has 0 aliphatic heterocycles. The summed E-state index contributed by atoms with van der Waals surface area (Å²) in [5.74, 6) is 0.286. The Morgan fingerprint density at radius 3 is 2.38 bits per heavy atom. The minimum atomic E-state index is -1.93. The number of hydrogen-bond donors (Lipinski definition) is 2. The van der Waals surface area contributed by atoms with Crippen molar-refractivity contribution in [1.29, 1.82) is 0 Å². The summed E-state index contributed by atoms with van der Waals surface area (Å²) >= 11 is 0. The first-order chi connectivity index (χ1) is 9.96. The van der Waals surface area contributed by atoms with Crippen molar-refractivity contribution >= 4 is 20.5 Å². The van der Waals surface area contributed by atoms with E-state index < -0.39 is 20.7 Å². The van der Waals surface area contributed by atoms with Gasteiger partial charge < -0.3 is 24.0 Å². The Kier molecular flexibility index (Phi) is 7.08. The van der Waals surface area contributed by atoms with Gasteiger partial charge in [0.05, 0.1) is 13.2 Å². The summed E-state index contributed by atoms with van der Waals surface area (Å²) in [5, 5.41) is 2.47. The summed E-state index contributed by atoms with van der Waals surface area (Å²) in [5.41, 5.74) is 0.832. The quantitative estimate of drug-likeness (QED) is 0.745. The molecule has 1 aromatic rings. The Bertz CT molecular complexity index is 478. The van der Waals surface area contributed by atoms with Crippen LogP contribution in [0.2, 0.25) is 0 Å². The highest BCUT2D eigenvalue weighted by Gasteiger charge is 2.18. The van der Waals surface area contributed by atoms with Crippen LogP contribution in [0.25, 0.3) is 0 Å². The Morgan fingerprint density at radius 1 is 1.29 bits per heavy atom. The first kappa shape index (κ1) is 17.4. The van der Waals surface area contributed by atoms with Crippen LogP contribution in [0.1, 0.15) is 12.5 Å². The average Bonchev–Trinajstić information content (AvgIpc) is 2.47. The molecule has 1 rings (SSSR count). The van der Waals surface area contributed by atoms with Gasteiger partial charge in [0.2, 0.25) is 0 Å². The van der Waals surface area contributed by atoms with Crippen molar-refractivity contribution in [1.82, 2.24) is 5.32 Å². The van der Waals surface area contributed by atoms with Crippen molar-refractivity contribution in [2.45, 2.75) is 19.4 Å². The molecule has 0 radical (unpaired) electrons. The number of methoxy groups -OCH3 is 1. The second-order valence-electron chi connectivity index (χ2n) is 4.16. The lowest BCUT2D eigenvalue weighted by atomic mass is 10.0. The van der Waals surface area contributed by atoms with E-state index in [1.807, 2.05) is 0 Å². The zero-order chi connectivity index (χ0) is 15.8. The molecule has 0 saturated carbocycles. The molecule has 0 bridgehead atoms. The Morgan fingerprint density at radius 2 is 1.90 bits per heavy atom. The Labute approximate surface area is 124 Å². The van der Waals surface area contributed by atoms with E-state index in [4.69, 9.17) is 4.52 Å². The highest BCUT2D eigenvalue weighted by atomic mass is 31.2.